The standard InChI is InChI=1S/C13H14N2O3/c1-2-9-8-13(9,18-12(14)17)11(16)15-10-6-4-3-5-7-10/h2-7,9H,1,8H2,(H2,14,17)(H,15,16). The van der Waals surface area contributed by atoms with Crippen molar-refractivity contribution >= 4 is 17.7 Å². The van der Waals surface area contributed by atoms with Crippen LogP contribution in [0, 0.1) is 5.92 Å². The molecule has 2 atom stereocenters. The molecule has 2 unspecified atom stereocenters. The predicted octanol–water partition coefficient (Wildman–Crippen LogP) is 1.67. The molecule has 1 saturated carbocycles. The Kier molecular flexibility index (Phi) is 3.06. The van der Waals surface area contributed by atoms with Crippen molar-refractivity contribution < 1.29 is 14.3 Å². The van der Waals surface area contributed by atoms with Crippen LogP contribution in [-0.2, 0) is 9.53 Å². The van der Waals surface area contributed by atoms with E-state index in [1.54, 1.807) is 30.3 Å². The summed E-state index contributed by atoms with van der Waals surface area (Å²) in [4.78, 5) is 23.0. The van der Waals surface area contributed by atoms with Gasteiger partial charge in [0.1, 0.15) is 0 Å². The summed E-state index contributed by atoms with van der Waals surface area (Å²) in [6.07, 6.45) is 1.05. The molecule has 1 aromatic carbocycles. The first-order valence-electron chi connectivity index (χ1n) is 5.56. The van der Waals surface area contributed by atoms with Gasteiger partial charge in [-0.05, 0) is 12.1 Å². The highest BCUT2D eigenvalue weighted by atomic mass is 16.6. The van der Waals surface area contributed by atoms with Gasteiger partial charge < -0.3 is 15.8 Å². The second kappa shape index (κ2) is 4.52. The van der Waals surface area contributed by atoms with Crippen LogP contribution in [0.4, 0.5) is 10.5 Å². The van der Waals surface area contributed by atoms with E-state index in [4.69, 9.17) is 10.5 Å². The summed E-state index contributed by atoms with van der Waals surface area (Å²) < 4.78 is 4.94. The minimum absolute atomic E-state index is 0.186. The normalized spacial score (nSPS) is 25.0. The molecular weight excluding hydrogens is 232 g/mol. The monoisotopic (exact) mass is 246 g/mol. The molecule has 3 N–H and O–H groups in total. The minimum Gasteiger partial charge on any atom is -0.432 e. The van der Waals surface area contributed by atoms with E-state index in [1.807, 2.05) is 6.07 Å². The molecular formula is C13H14N2O3. The van der Waals surface area contributed by atoms with Gasteiger partial charge in [-0.1, -0.05) is 24.3 Å². The number of amides is 2. The Morgan fingerprint density at radius 1 is 1.44 bits per heavy atom. The topological polar surface area (TPSA) is 81.4 Å². The highest BCUT2D eigenvalue weighted by Gasteiger charge is 2.62. The van der Waals surface area contributed by atoms with Crippen molar-refractivity contribution in [2.24, 2.45) is 11.7 Å². The molecule has 0 aromatic heterocycles. The van der Waals surface area contributed by atoms with E-state index in [1.165, 1.54) is 0 Å². The van der Waals surface area contributed by atoms with Gasteiger partial charge >= 0.3 is 6.09 Å². The van der Waals surface area contributed by atoms with E-state index in [9.17, 15) is 9.59 Å². The van der Waals surface area contributed by atoms with Gasteiger partial charge in [-0.15, -0.1) is 6.58 Å². The number of hydrogen-bond donors (Lipinski definition) is 2. The zero-order valence-corrected chi connectivity index (χ0v) is 9.76. The number of para-hydroxylation sites is 1. The average Bonchev–Trinajstić information content (AvgIpc) is 3.04. The molecule has 0 saturated heterocycles. The molecule has 0 radical (unpaired) electrons. The van der Waals surface area contributed by atoms with Crippen LogP contribution in [0.15, 0.2) is 43.0 Å². The largest absolute Gasteiger partial charge is 0.432 e. The molecule has 1 fully saturated rings. The molecule has 18 heavy (non-hydrogen) atoms. The Bertz CT molecular complexity index is 486. The van der Waals surface area contributed by atoms with Crippen molar-refractivity contribution in [1.29, 1.82) is 0 Å². The summed E-state index contributed by atoms with van der Waals surface area (Å²) in [5, 5.41) is 2.69. The number of ether oxygens (including phenoxy) is 1. The Morgan fingerprint density at radius 2 is 2.11 bits per heavy atom. The van der Waals surface area contributed by atoms with E-state index in [-0.39, 0.29) is 11.8 Å². The number of primary amides is 1. The van der Waals surface area contributed by atoms with Crippen molar-refractivity contribution in [2.75, 3.05) is 5.32 Å². The molecule has 94 valence electrons. The van der Waals surface area contributed by atoms with Crippen LogP contribution in [0.1, 0.15) is 6.42 Å². The lowest BCUT2D eigenvalue weighted by atomic mass is 10.2. The van der Waals surface area contributed by atoms with Gasteiger partial charge in [-0.3, -0.25) is 4.79 Å². The Hall–Kier alpha value is -2.30. The van der Waals surface area contributed by atoms with Gasteiger partial charge in [0.2, 0.25) is 0 Å². The van der Waals surface area contributed by atoms with E-state index >= 15 is 0 Å². The molecule has 0 bridgehead atoms. The number of nitrogens with one attached hydrogen (secondary N) is 1. The average molecular weight is 246 g/mol. The van der Waals surface area contributed by atoms with Crippen LogP contribution >= 0.6 is 0 Å². The molecule has 0 spiro atoms. The first-order chi connectivity index (χ1) is 8.58. The molecule has 2 rings (SSSR count). The van der Waals surface area contributed by atoms with Crippen molar-refractivity contribution in [1.82, 2.24) is 0 Å². The summed E-state index contributed by atoms with van der Waals surface area (Å²) in [5.74, 6) is -0.564. The van der Waals surface area contributed by atoms with Gasteiger partial charge in [0.25, 0.3) is 5.91 Å². The first kappa shape index (κ1) is 12.2. The summed E-state index contributed by atoms with van der Waals surface area (Å²) in [5.41, 5.74) is 4.44. The fourth-order valence-corrected chi connectivity index (χ4v) is 1.90. The van der Waals surface area contributed by atoms with Crippen LogP contribution in [0.2, 0.25) is 0 Å². The molecule has 5 nitrogen and oxygen atoms in total. The molecule has 2 amide bonds. The lowest BCUT2D eigenvalue weighted by molar-refractivity contribution is -0.126. The summed E-state index contributed by atoms with van der Waals surface area (Å²) in [6, 6.07) is 8.95. The Balaban J connectivity index is 2.11. The summed E-state index contributed by atoms with van der Waals surface area (Å²) >= 11 is 0. The zero-order chi connectivity index (χ0) is 13.2. The number of hydrogen-bond acceptors (Lipinski definition) is 3. The minimum atomic E-state index is -1.19. The number of benzene rings is 1. The zero-order valence-electron chi connectivity index (χ0n) is 9.76. The predicted molar refractivity (Wildman–Crippen MR) is 66.8 cm³/mol. The third-order valence-corrected chi connectivity index (χ3v) is 2.95. The maximum Gasteiger partial charge on any atom is 0.405 e. The molecule has 1 aliphatic carbocycles. The maximum atomic E-state index is 12.1. The molecule has 1 aliphatic rings. The van der Waals surface area contributed by atoms with E-state index < -0.39 is 11.7 Å². The smallest absolute Gasteiger partial charge is 0.405 e. The number of anilines is 1. The molecule has 0 aliphatic heterocycles. The molecule has 0 heterocycles. The lowest BCUT2D eigenvalue weighted by Gasteiger charge is -2.16. The Labute approximate surface area is 105 Å². The fraction of sp³-hybridized carbons (Fsp3) is 0.231. The Morgan fingerprint density at radius 3 is 2.61 bits per heavy atom. The third kappa shape index (κ3) is 2.20. The molecule has 5 heteroatoms. The molecule has 1 aromatic rings. The van der Waals surface area contributed by atoms with E-state index in [0.29, 0.717) is 12.1 Å². The van der Waals surface area contributed by atoms with E-state index in [2.05, 4.69) is 11.9 Å². The highest BCUT2D eigenvalue weighted by molar-refractivity contribution is 6.01. The van der Waals surface area contributed by atoms with Crippen molar-refractivity contribution in [3.05, 3.63) is 43.0 Å². The van der Waals surface area contributed by atoms with Gasteiger partial charge in [-0.2, -0.15) is 0 Å². The SMILES string of the molecule is C=CC1CC1(OC(N)=O)C(=O)Nc1ccccc1. The van der Waals surface area contributed by atoms with Gasteiger partial charge in [-0.25, -0.2) is 4.79 Å². The fourth-order valence-electron chi connectivity index (χ4n) is 1.90. The lowest BCUT2D eigenvalue weighted by Crippen LogP contribution is -2.38. The maximum absolute atomic E-state index is 12.1. The van der Waals surface area contributed by atoms with Crippen LogP contribution < -0.4 is 11.1 Å². The van der Waals surface area contributed by atoms with E-state index in [0.717, 1.165) is 0 Å². The highest BCUT2D eigenvalue weighted by Crippen LogP contribution is 2.48. The van der Waals surface area contributed by atoms with Crippen LogP contribution in [0.5, 0.6) is 0 Å². The third-order valence-electron chi connectivity index (χ3n) is 2.95. The first-order valence-corrected chi connectivity index (χ1v) is 5.56. The van der Waals surface area contributed by atoms with Crippen LogP contribution in [-0.4, -0.2) is 17.6 Å². The second-order valence-electron chi connectivity index (χ2n) is 4.18. The van der Waals surface area contributed by atoms with Gasteiger partial charge in [0, 0.05) is 18.0 Å². The number of carbonyl (C=O) groups is 2. The van der Waals surface area contributed by atoms with Crippen LogP contribution in [0.3, 0.4) is 0 Å². The van der Waals surface area contributed by atoms with Gasteiger partial charge in [0.15, 0.2) is 5.60 Å². The van der Waals surface area contributed by atoms with Crippen molar-refractivity contribution in [3.8, 4) is 0 Å². The second-order valence-corrected chi connectivity index (χ2v) is 4.18. The number of nitrogens with two attached hydrogens (primary N) is 1. The van der Waals surface area contributed by atoms with Crippen molar-refractivity contribution in [2.45, 2.75) is 12.0 Å². The number of rotatable bonds is 4. The number of carbonyl (C=O) groups excluding carboxylic acids is 2. The quantitative estimate of drug-likeness (QED) is 0.793. The van der Waals surface area contributed by atoms with Gasteiger partial charge in [0.05, 0.1) is 0 Å². The van der Waals surface area contributed by atoms with Crippen molar-refractivity contribution in [3.63, 3.8) is 0 Å². The summed E-state index contributed by atoms with van der Waals surface area (Å²) in [7, 11) is 0. The summed E-state index contributed by atoms with van der Waals surface area (Å²) in [6.45, 7) is 3.60. The van der Waals surface area contributed by atoms with Crippen LogP contribution in [0.25, 0.3) is 0 Å².